The number of ether oxygens (including phenoxy) is 1. The van der Waals surface area contributed by atoms with Crippen LogP contribution in [0.2, 0.25) is 0 Å². The number of likely N-dealkylation sites (tertiary alicyclic amines) is 2. The first-order valence-electron chi connectivity index (χ1n) is 17.1. The molecule has 2 aliphatic rings. The van der Waals surface area contributed by atoms with Crippen molar-refractivity contribution in [3.63, 3.8) is 0 Å². The molecule has 3 aromatic carbocycles. The number of rotatable bonds is 10. The van der Waals surface area contributed by atoms with E-state index in [1.54, 1.807) is 9.80 Å². The average Bonchev–Trinajstić information content (AvgIpc) is 3.60. The predicted molar refractivity (Wildman–Crippen MR) is 185 cm³/mol. The molecule has 0 spiro atoms. The van der Waals surface area contributed by atoms with Gasteiger partial charge in [0.1, 0.15) is 11.6 Å². The van der Waals surface area contributed by atoms with Crippen LogP contribution in [0.1, 0.15) is 69.6 Å². The molecule has 2 N–H and O–H groups in total. The van der Waals surface area contributed by atoms with Gasteiger partial charge in [-0.3, -0.25) is 14.4 Å². The van der Waals surface area contributed by atoms with Crippen LogP contribution in [0, 0.1) is 5.92 Å². The Hall–Kier alpha value is -4.66. The number of hydrogen-bond acceptors (Lipinski definition) is 5. The molecule has 2 saturated heterocycles. The average molecular weight is 653 g/mol. The van der Waals surface area contributed by atoms with Crippen molar-refractivity contribution in [3.8, 4) is 0 Å². The summed E-state index contributed by atoms with van der Waals surface area (Å²) in [6.07, 6.45) is 2.79. The van der Waals surface area contributed by atoms with Crippen molar-refractivity contribution in [1.82, 2.24) is 20.4 Å². The molecule has 0 bridgehead atoms. The highest BCUT2D eigenvalue weighted by atomic mass is 16.6. The molecular formula is C39H48N4O5. The Morgan fingerprint density at radius 3 is 1.83 bits per heavy atom. The lowest BCUT2D eigenvalue weighted by Gasteiger charge is -2.37. The summed E-state index contributed by atoms with van der Waals surface area (Å²) < 4.78 is 5.51. The van der Waals surface area contributed by atoms with Gasteiger partial charge in [0.05, 0.1) is 12.0 Å². The van der Waals surface area contributed by atoms with Crippen LogP contribution in [0.25, 0.3) is 0 Å². The van der Waals surface area contributed by atoms with Gasteiger partial charge in [0.25, 0.3) is 0 Å². The first kappa shape index (κ1) is 34.7. The molecule has 2 heterocycles. The zero-order chi connectivity index (χ0) is 34.1. The number of nitrogens with one attached hydrogen (secondary N) is 2. The van der Waals surface area contributed by atoms with E-state index in [0.29, 0.717) is 39.0 Å². The van der Waals surface area contributed by atoms with Crippen molar-refractivity contribution in [2.24, 2.45) is 5.92 Å². The van der Waals surface area contributed by atoms with Gasteiger partial charge in [-0.05, 0) is 69.1 Å². The minimum Gasteiger partial charge on any atom is -0.444 e. The summed E-state index contributed by atoms with van der Waals surface area (Å²) in [6.45, 7) is 7.38. The summed E-state index contributed by atoms with van der Waals surface area (Å²) >= 11 is 0. The maximum Gasteiger partial charge on any atom is 0.410 e. The zero-order valence-corrected chi connectivity index (χ0v) is 28.3. The number of benzene rings is 3. The largest absolute Gasteiger partial charge is 0.444 e. The van der Waals surface area contributed by atoms with E-state index in [1.165, 1.54) is 0 Å². The number of carbonyl (C=O) groups excluding carboxylic acids is 4. The number of nitrogens with zero attached hydrogens (tertiary/aromatic N) is 2. The van der Waals surface area contributed by atoms with Gasteiger partial charge in [-0.15, -0.1) is 0 Å². The van der Waals surface area contributed by atoms with Gasteiger partial charge in [0.15, 0.2) is 0 Å². The maximum atomic E-state index is 14.3. The fraction of sp³-hybridized carbons (Fsp3) is 0.436. The van der Waals surface area contributed by atoms with E-state index in [1.807, 2.05) is 75.4 Å². The van der Waals surface area contributed by atoms with Gasteiger partial charge in [0, 0.05) is 32.6 Å². The smallest absolute Gasteiger partial charge is 0.410 e. The lowest BCUT2D eigenvalue weighted by molar-refractivity contribution is -0.139. The molecule has 5 rings (SSSR count). The minimum atomic E-state index is -0.761. The SMILES string of the molecule is CC(C)(C)OC(=O)N1CCC[C@H](CNC(=O)CNC(=O)[C@@H]2CCCN2C(=O)CC(c2ccccc2)(c2ccccc2)c2ccccc2)C1. The topological polar surface area (TPSA) is 108 Å². The van der Waals surface area contributed by atoms with Crippen LogP contribution < -0.4 is 10.6 Å². The fourth-order valence-corrected chi connectivity index (χ4v) is 6.97. The van der Waals surface area contributed by atoms with Crippen molar-refractivity contribution >= 4 is 23.8 Å². The van der Waals surface area contributed by atoms with Crippen LogP contribution in [-0.2, 0) is 24.5 Å². The highest BCUT2D eigenvalue weighted by Crippen LogP contribution is 2.43. The molecule has 0 aromatic heterocycles. The lowest BCUT2D eigenvalue weighted by atomic mass is 9.67. The first-order valence-corrected chi connectivity index (χ1v) is 17.1. The van der Waals surface area contributed by atoms with Crippen LogP contribution >= 0.6 is 0 Å². The van der Waals surface area contributed by atoms with Crippen molar-refractivity contribution in [2.45, 2.75) is 69.9 Å². The second kappa shape index (κ2) is 15.5. The molecule has 9 heteroatoms. The molecule has 0 unspecified atom stereocenters. The Morgan fingerprint density at radius 1 is 0.750 bits per heavy atom. The summed E-state index contributed by atoms with van der Waals surface area (Å²) in [5.41, 5.74) is 1.67. The number of carbonyl (C=O) groups is 4. The second-order valence-corrected chi connectivity index (χ2v) is 13.9. The standard InChI is InChI=1S/C39H48N4O5/c1-38(2,3)48-37(47)42-23-13-15-29(28-42)26-40-34(44)27-41-36(46)33-22-14-24-43(33)35(45)25-39(30-16-7-4-8-17-30,31-18-9-5-10-19-31)32-20-11-6-12-21-32/h4-12,16-21,29,33H,13-15,22-28H2,1-3H3,(H,40,44)(H,41,46)/t29-,33+/m1/s1. The highest BCUT2D eigenvalue weighted by Gasteiger charge is 2.42. The van der Waals surface area contributed by atoms with Gasteiger partial charge >= 0.3 is 6.09 Å². The third kappa shape index (κ3) is 8.43. The molecular weight excluding hydrogens is 604 g/mol. The van der Waals surface area contributed by atoms with Gasteiger partial charge < -0.3 is 25.2 Å². The Bertz CT molecular complexity index is 1440. The van der Waals surface area contributed by atoms with Crippen molar-refractivity contribution in [3.05, 3.63) is 108 Å². The summed E-state index contributed by atoms with van der Waals surface area (Å²) in [7, 11) is 0. The van der Waals surface area contributed by atoms with Gasteiger partial charge in [-0.25, -0.2) is 4.79 Å². The van der Waals surface area contributed by atoms with Gasteiger partial charge in [-0.1, -0.05) is 91.0 Å². The molecule has 4 amide bonds. The zero-order valence-electron chi connectivity index (χ0n) is 28.3. The molecule has 2 fully saturated rings. The molecule has 0 radical (unpaired) electrons. The predicted octanol–water partition coefficient (Wildman–Crippen LogP) is 5.28. The summed E-state index contributed by atoms with van der Waals surface area (Å²) in [6, 6.07) is 29.5. The Morgan fingerprint density at radius 2 is 1.29 bits per heavy atom. The molecule has 3 aromatic rings. The highest BCUT2D eigenvalue weighted by molar-refractivity contribution is 5.91. The molecule has 0 aliphatic carbocycles. The van der Waals surface area contributed by atoms with Crippen LogP contribution in [-0.4, -0.2) is 78.0 Å². The van der Waals surface area contributed by atoms with Crippen LogP contribution in [0.15, 0.2) is 91.0 Å². The monoisotopic (exact) mass is 652 g/mol. The van der Waals surface area contributed by atoms with Gasteiger partial charge in [0.2, 0.25) is 17.7 Å². The van der Waals surface area contributed by atoms with Gasteiger partial charge in [-0.2, -0.15) is 0 Å². The molecule has 2 atom stereocenters. The third-order valence-corrected chi connectivity index (χ3v) is 9.27. The molecule has 2 aliphatic heterocycles. The second-order valence-electron chi connectivity index (χ2n) is 13.9. The van der Waals surface area contributed by atoms with Crippen LogP contribution in [0.5, 0.6) is 0 Å². The number of amides is 4. The normalized spacial score (nSPS) is 18.2. The number of piperidine rings is 1. The van der Waals surface area contributed by atoms with Crippen LogP contribution in [0.3, 0.4) is 0 Å². The van der Waals surface area contributed by atoms with E-state index >= 15 is 0 Å². The molecule has 0 saturated carbocycles. The van der Waals surface area contributed by atoms with Crippen molar-refractivity contribution in [2.75, 3.05) is 32.7 Å². The third-order valence-electron chi connectivity index (χ3n) is 9.27. The maximum absolute atomic E-state index is 14.3. The van der Waals surface area contributed by atoms with E-state index in [9.17, 15) is 19.2 Å². The van der Waals surface area contributed by atoms with E-state index < -0.39 is 17.1 Å². The first-order chi connectivity index (χ1) is 23.1. The van der Waals surface area contributed by atoms with E-state index in [4.69, 9.17) is 4.74 Å². The summed E-state index contributed by atoms with van der Waals surface area (Å²) in [5.74, 6) is -0.632. The lowest BCUT2D eigenvalue weighted by Crippen LogP contribution is -2.50. The van der Waals surface area contributed by atoms with Crippen LogP contribution in [0.4, 0.5) is 4.79 Å². The fourth-order valence-electron chi connectivity index (χ4n) is 6.97. The Balaban J connectivity index is 1.22. The minimum absolute atomic E-state index is 0.105. The van der Waals surface area contributed by atoms with E-state index in [2.05, 4.69) is 47.0 Å². The van der Waals surface area contributed by atoms with E-state index in [0.717, 1.165) is 29.5 Å². The summed E-state index contributed by atoms with van der Waals surface area (Å²) in [5, 5.41) is 5.69. The van der Waals surface area contributed by atoms with Crippen molar-refractivity contribution < 1.29 is 23.9 Å². The molecule has 254 valence electrons. The van der Waals surface area contributed by atoms with E-state index in [-0.39, 0.29) is 42.7 Å². The molecule has 48 heavy (non-hydrogen) atoms. The number of hydrogen-bond donors (Lipinski definition) is 2. The summed E-state index contributed by atoms with van der Waals surface area (Å²) in [4.78, 5) is 56.4. The van der Waals surface area contributed by atoms with Crippen molar-refractivity contribution in [1.29, 1.82) is 0 Å². The Kier molecular flexibility index (Phi) is 11.2. The quantitative estimate of drug-likeness (QED) is 0.290. The molecule has 9 nitrogen and oxygen atoms in total. The Labute approximate surface area is 284 Å².